The quantitative estimate of drug-likeness (QED) is 0.820. The fraction of sp³-hybridized carbons (Fsp3) is 0.111. The Hall–Kier alpha value is -1.33. The molecule has 0 atom stereocenters. The van der Waals surface area contributed by atoms with E-state index in [1.165, 1.54) is 23.6 Å². The van der Waals surface area contributed by atoms with Crippen LogP contribution in [0.3, 0.4) is 0 Å². The van der Waals surface area contributed by atoms with Gasteiger partial charge in [0.15, 0.2) is 0 Å². The lowest BCUT2D eigenvalue weighted by Crippen LogP contribution is -1.95. The molecule has 2 N–H and O–H groups in total. The summed E-state index contributed by atoms with van der Waals surface area (Å²) in [6, 6.07) is 1.41. The van der Waals surface area contributed by atoms with Crippen LogP contribution in [0.4, 0.5) is 4.39 Å². The van der Waals surface area contributed by atoms with Crippen LogP contribution in [0.1, 0.15) is 5.69 Å². The van der Waals surface area contributed by atoms with Crippen molar-refractivity contribution in [3.8, 4) is 10.6 Å². The molecule has 0 amide bonds. The molecule has 0 aliphatic rings. The average Bonchev–Trinajstić information content (AvgIpc) is 2.66. The van der Waals surface area contributed by atoms with Crippen molar-refractivity contribution in [2.45, 2.75) is 6.54 Å². The first-order valence-corrected chi connectivity index (χ1v) is 4.93. The lowest BCUT2D eigenvalue weighted by molar-refractivity contribution is 0.622. The Morgan fingerprint density at radius 2 is 2.29 bits per heavy atom. The van der Waals surface area contributed by atoms with E-state index in [-0.39, 0.29) is 5.82 Å². The smallest absolute Gasteiger partial charge is 0.142 e. The summed E-state index contributed by atoms with van der Waals surface area (Å²) in [5.41, 5.74) is 6.93. The predicted molar refractivity (Wildman–Crippen MR) is 53.2 cm³/mol. The summed E-state index contributed by atoms with van der Waals surface area (Å²) in [7, 11) is 0. The highest BCUT2D eigenvalue weighted by atomic mass is 32.1. The summed E-state index contributed by atoms with van der Waals surface area (Å²) >= 11 is 1.44. The molecular formula is C9H8FN3S. The van der Waals surface area contributed by atoms with Crippen LogP contribution in [0.25, 0.3) is 10.6 Å². The van der Waals surface area contributed by atoms with E-state index in [9.17, 15) is 4.39 Å². The van der Waals surface area contributed by atoms with Crippen LogP contribution in [0.2, 0.25) is 0 Å². The molecule has 0 aromatic carbocycles. The Morgan fingerprint density at radius 1 is 1.43 bits per heavy atom. The van der Waals surface area contributed by atoms with Gasteiger partial charge in [-0.25, -0.2) is 9.37 Å². The molecule has 0 aliphatic carbocycles. The average molecular weight is 209 g/mol. The number of halogens is 1. The standard InChI is InChI=1S/C9H8FN3S/c10-7-1-6(3-12-4-7)9-13-8(2-11)5-14-9/h1,3-5H,2,11H2. The van der Waals surface area contributed by atoms with Crippen LogP contribution < -0.4 is 5.73 Å². The second-order valence-electron chi connectivity index (χ2n) is 2.74. The Bertz CT molecular complexity index is 441. The van der Waals surface area contributed by atoms with Crippen LogP contribution in [-0.2, 0) is 6.54 Å². The number of rotatable bonds is 2. The van der Waals surface area contributed by atoms with Crippen molar-refractivity contribution in [2.24, 2.45) is 5.73 Å². The number of nitrogens with two attached hydrogens (primary N) is 1. The third kappa shape index (κ3) is 1.78. The molecule has 2 aromatic rings. The fourth-order valence-electron chi connectivity index (χ4n) is 1.06. The molecule has 5 heteroatoms. The van der Waals surface area contributed by atoms with Crippen molar-refractivity contribution >= 4 is 11.3 Å². The van der Waals surface area contributed by atoms with Crippen molar-refractivity contribution < 1.29 is 4.39 Å². The topological polar surface area (TPSA) is 51.8 Å². The number of pyridine rings is 1. The van der Waals surface area contributed by atoms with Crippen LogP contribution in [0.15, 0.2) is 23.8 Å². The zero-order valence-corrected chi connectivity index (χ0v) is 8.09. The van der Waals surface area contributed by atoms with Gasteiger partial charge in [-0.3, -0.25) is 4.98 Å². The summed E-state index contributed by atoms with van der Waals surface area (Å²) < 4.78 is 12.8. The molecule has 0 radical (unpaired) electrons. The minimum atomic E-state index is -0.355. The second-order valence-corrected chi connectivity index (χ2v) is 3.60. The van der Waals surface area contributed by atoms with Crippen LogP contribution in [0, 0.1) is 5.82 Å². The molecule has 3 nitrogen and oxygen atoms in total. The molecule has 0 aliphatic heterocycles. The first-order valence-electron chi connectivity index (χ1n) is 4.05. The van der Waals surface area contributed by atoms with Crippen molar-refractivity contribution in [1.82, 2.24) is 9.97 Å². The third-order valence-electron chi connectivity index (χ3n) is 1.71. The lowest BCUT2D eigenvalue weighted by atomic mass is 10.3. The summed E-state index contributed by atoms with van der Waals surface area (Å²) in [5.74, 6) is -0.355. The molecular weight excluding hydrogens is 201 g/mol. The number of nitrogens with zero attached hydrogens (tertiary/aromatic N) is 2. The van der Waals surface area contributed by atoms with Gasteiger partial charge >= 0.3 is 0 Å². The largest absolute Gasteiger partial charge is 0.325 e. The van der Waals surface area contributed by atoms with Crippen LogP contribution in [-0.4, -0.2) is 9.97 Å². The van der Waals surface area contributed by atoms with E-state index in [4.69, 9.17) is 5.73 Å². The second kappa shape index (κ2) is 3.81. The minimum absolute atomic E-state index is 0.355. The first-order chi connectivity index (χ1) is 6.79. The number of thiazole rings is 1. The molecule has 2 aromatic heterocycles. The van der Waals surface area contributed by atoms with Crippen molar-refractivity contribution in [1.29, 1.82) is 0 Å². The van der Waals surface area contributed by atoms with E-state index in [2.05, 4.69) is 9.97 Å². The van der Waals surface area contributed by atoms with E-state index in [0.29, 0.717) is 12.1 Å². The minimum Gasteiger partial charge on any atom is -0.325 e. The zero-order chi connectivity index (χ0) is 9.97. The predicted octanol–water partition coefficient (Wildman–Crippen LogP) is 1.80. The van der Waals surface area contributed by atoms with Gasteiger partial charge in [-0.05, 0) is 6.07 Å². The van der Waals surface area contributed by atoms with Gasteiger partial charge in [-0.15, -0.1) is 11.3 Å². The van der Waals surface area contributed by atoms with Crippen molar-refractivity contribution in [3.63, 3.8) is 0 Å². The maximum atomic E-state index is 12.8. The van der Waals surface area contributed by atoms with E-state index in [1.807, 2.05) is 5.38 Å². The molecule has 0 spiro atoms. The monoisotopic (exact) mass is 209 g/mol. The highest BCUT2D eigenvalue weighted by Crippen LogP contribution is 2.23. The molecule has 14 heavy (non-hydrogen) atoms. The molecule has 72 valence electrons. The summed E-state index contributed by atoms with van der Waals surface area (Å²) in [6.45, 7) is 0.402. The molecule has 2 heterocycles. The zero-order valence-electron chi connectivity index (χ0n) is 7.27. The van der Waals surface area contributed by atoms with Crippen LogP contribution >= 0.6 is 11.3 Å². The van der Waals surface area contributed by atoms with Crippen molar-refractivity contribution in [2.75, 3.05) is 0 Å². The molecule has 0 bridgehead atoms. The Kier molecular flexibility index (Phi) is 2.51. The molecule has 2 rings (SSSR count). The first kappa shape index (κ1) is 9.23. The lowest BCUT2D eigenvalue weighted by Gasteiger charge is -1.94. The van der Waals surface area contributed by atoms with Gasteiger partial charge in [-0.1, -0.05) is 0 Å². The van der Waals surface area contributed by atoms with Gasteiger partial charge in [-0.2, -0.15) is 0 Å². The maximum Gasteiger partial charge on any atom is 0.142 e. The maximum absolute atomic E-state index is 12.8. The summed E-state index contributed by atoms with van der Waals surface area (Å²) in [4.78, 5) is 7.98. The van der Waals surface area contributed by atoms with E-state index >= 15 is 0 Å². The third-order valence-corrected chi connectivity index (χ3v) is 2.65. The van der Waals surface area contributed by atoms with E-state index in [1.54, 1.807) is 6.20 Å². The highest BCUT2D eigenvalue weighted by molar-refractivity contribution is 7.13. The van der Waals surface area contributed by atoms with Gasteiger partial charge in [0.1, 0.15) is 10.8 Å². The number of aromatic nitrogens is 2. The molecule has 0 fully saturated rings. The van der Waals surface area contributed by atoms with Gasteiger partial charge in [0.05, 0.1) is 11.9 Å². The molecule has 0 saturated carbocycles. The Morgan fingerprint density at radius 3 is 2.93 bits per heavy atom. The van der Waals surface area contributed by atoms with Crippen molar-refractivity contribution in [3.05, 3.63) is 35.4 Å². The normalized spacial score (nSPS) is 10.4. The summed E-state index contributed by atoms with van der Waals surface area (Å²) in [5, 5.41) is 2.61. The van der Waals surface area contributed by atoms with E-state index in [0.717, 1.165) is 10.7 Å². The Labute approximate surface area is 84.4 Å². The fourth-order valence-corrected chi connectivity index (χ4v) is 1.88. The Balaban J connectivity index is 2.39. The highest BCUT2D eigenvalue weighted by Gasteiger charge is 2.04. The number of hydrogen-bond donors (Lipinski definition) is 1. The summed E-state index contributed by atoms with van der Waals surface area (Å²) in [6.07, 6.45) is 2.75. The molecule has 0 unspecified atom stereocenters. The SMILES string of the molecule is NCc1csc(-c2cncc(F)c2)n1. The van der Waals surface area contributed by atoms with E-state index < -0.39 is 0 Å². The van der Waals surface area contributed by atoms with Gasteiger partial charge in [0.25, 0.3) is 0 Å². The van der Waals surface area contributed by atoms with Gasteiger partial charge in [0, 0.05) is 23.7 Å². The molecule has 0 saturated heterocycles. The van der Waals surface area contributed by atoms with Crippen LogP contribution in [0.5, 0.6) is 0 Å². The number of hydrogen-bond acceptors (Lipinski definition) is 4. The van der Waals surface area contributed by atoms with Gasteiger partial charge < -0.3 is 5.73 Å². The van der Waals surface area contributed by atoms with Gasteiger partial charge in [0.2, 0.25) is 0 Å².